The van der Waals surface area contributed by atoms with Crippen LogP contribution in [0.5, 0.6) is 0 Å². The van der Waals surface area contributed by atoms with Crippen LogP contribution < -0.4 is 10.2 Å². The minimum Gasteiger partial charge on any atom is -0.353 e. The lowest BCUT2D eigenvalue weighted by Crippen LogP contribution is -2.49. The van der Waals surface area contributed by atoms with Gasteiger partial charge in [0.2, 0.25) is 5.91 Å². The maximum Gasteiger partial charge on any atom is 0.261 e. The fourth-order valence-corrected chi connectivity index (χ4v) is 4.50. The minimum absolute atomic E-state index is 0.0295. The first-order valence-electron chi connectivity index (χ1n) is 12.0. The lowest BCUT2D eigenvalue weighted by Gasteiger charge is -2.35. The zero-order valence-corrected chi connectivity index (χ0v) is 20.1. The maximum atomic E-state index is 12.8. The van der Waals surface area contributed by atoms with Crippen LogP contribution in [0.2, 0.25) is 0 Å². The number of carbonyl (C=O) groups excluding carboxylic acids is 3. The first-order chi connectivity index (χ1) is 17.5. The third-order valence-corrected chi connectivity index (χ3v) is 6.43. The van der Waals surface area contributed by atoms with Gasteiger partial charge in [-0.15, -0.1) is 0 Å². The number of hydrogen-bond acceptors (Lipinski definition) is 8. The van der Waals surface area contributed by atoms with Crippen molar-refractivity contribution in [2.75, 3.05) is 42.9 Å². The molecule has 184 valence electrons. The van der Waals surface area contributed by atoms with E-state index in [2.05, 4.69) is 25.2 Å². The van der Waals surface area contributed by atoms with Crippen LogP contribution in [0, 0.1) is 6.92 Å². The summed E-state index contributed by atoms with van der Waals surface area (Å²) in [7, 11) is 0. The summed E-state index contributed by atoms with van der Waals surface area (Å²) in [5.41, 5.74) is 1.97. The molecule has 2 aliphatic rings. The van der Waals surface area contributed by atoms with Crippen molar-refractivity contribution in [2.24, 2.45) is 0 Å². The largest absolute Gasteiger partial charge is 0.353 e. The van der Waals surface area contributed by atoms with Gasteiger partial charge in [0.25, 0.3) is 11.8 Å². The number of carbonyl (C=O) groups is 3. The SMILES string of the molecule is Cc1ccnc(Nc2cc(N3CCN(C(=O)CCCN4C(=O)c5ccccc5C4=O)CC3)ncn2)c1. The van der Waals surface area contributed by atoms with Gasteiger partial charge >= 0.3 is 0 Å². The number of fused-ring (bicyclic) bond motifs is 1. The van der Waals surface area contributed by atoms with Crippen LogP contribution in [-0.4, -0.2) is 75.2 Å². The Morgan fingerprint density at radius 1 is 0.917 bits per heavy atom. The molecule has 10 heteroatoms. The topological polar surface area (TPSA) is 112 Å². The molecule has 10 nitrogen and oxygen atoms in total. The molecule has 0 atom stereocenters. The number of amides is 3. The molecule has 0 aliphatic carbocycles. The van der Waals surface area contributed by atoms with Crippen molar-refractivity contribution in [1.29, 1.82) is 0 Å². The number of piperazine rings is 1. The Labute approximate surface area is 209 Å². The highest BCUT2D eigenvalue weighted by Crippen LogP contribution is 2.23. The lowest BCUT2D eigenvalue weighted by molar-refractivity contribution is -0.131. The van der Waals surface area contributed by atoms with Gasteiger partial charge in [-0.2, -0.15) is 0 Å². The molecule has 4 heterocycles. The van der Waals surface area contributed by atoms with Crippen molar-refractivity contribution in [2.45, 2.75) is 19.8 Å². The van der Waals surface area contributed by atoms with Gasteiger partial charge in [0.1, 0.15) is 23.8 Å². The molecule has 5 rings (SSSR count). The molecule has 2 aliphatic heterocycles. The van der Waals surface area contributed by atoms with Crippen LogP contribution in [0.25, 0.3) is 0 Å². The van der Waals surface area contributed by atoms with Crippen LogP contribution in [0.15, 0.2) is 55.0 Å². The van der Waals surface area contributed by atoms with Crippen molar-refractivity contribution in [1.82, 2.24) is 24.8 Å². The number of pyridine rings is 1. The number of aromatic nitrogens is 3. The zero-order chi connectivity index (χ0) is 25.1. The normalized spacial score (nSPS) is 15.3. The van der Waals surface area contributed by atoms with Crippen LogP contribution in [0.3, 0.4) is 0 Å². The molecule has 3 aromatic rings. The molecule has 1 fully saturated rings. The zero-order valence-electron chi connectivity index (χ0n) is 20.1. The lowest BCUT2D eigenvalue weighted by atomic mass is 10.1. The third kappa shape index (κ3) is 4.88. The predicted octanol–water partition coefficient (Wildman–Crippen LogP) is 2.65. The molecule has 1 N–H and O–H groups in total. The average Bonchev–Trinajstić information content (AvgIpc) is 3.14. The van der Waals surface area contributed by atoms with E-state index >= 15 is 0 Å². The van der Waals surface area contributed by atoms with E-state index in [9.17, 15) is 14.4 Å². The molecular weight excluding hydrogens is 458 g/mol. The Bertz CT molecular complexity index is 1270. The molecule has 1 aromatic carbocycles. The number of nitrogens with one attached hydrogen (secondary N) is 1. The maximum absolute atomic E-state index is 12.8. The number of anilines is 3. The minimum atomic E-state index is -0.284. The average molecular weight is 486 g/mol. The van der Waals surface area contributed by atoms with E-state index in [-0.39, 0.29) is 24.3 Å². The first-order valence-corrected chi connectivity index (χ1v) is 12.0. The highest BCUT2D eigenvalue weighted by molar-refractivity contribution is 6.21. The second kappa shape index (κ2) is 10.1. The van der Waals surface area contributed by atoms with Gasteiger partial charge < -0.3 is 15.1 Å². The molecule has 2 aromatic heterocycles. The number of nitrogens with zero attached hydrogens (tertiary/aromatic N) is 6. The summed E-state index contributed by atoms with van der Waals surface area (Å²) in [5, 5.41) is 3.20. The number of benzene rings is 1. The number of hydrogen-bond donors (Lipinski definition) is 1. The Morgan fingerprint density at radius 2 is 1.61 bits per heavy atom. The monoisotopic (exact) mass is 485 g/mol. The van der Waals surface area contributed by atoms with Crippen LogP contribution >= 0.6 is 0 Å². The molecule has 0 radical (unpaired) electrons. The summed E-state index contributed by atoms with van der Waals surface area (Å²) in [6, 6.07) is 12.6. The van der Waals surface area contributed by atoms with Crippen molar-refractivity contribution in [3.05, 3.63) is 71.7 Å². The van der Waals surface area contributed by atoms with Gasteiger partial charge in [-0.3, -0.25) is 19.3 Å². The van der Waals surface area contributed by atoms with Gasteiger partial charge in [0.15, 0.2) is 0 Å². The van der Waals surface area contributed by atoms with Crippen molar-refractivity contribution in [3.8, 4) is 0 Å². The first kappa shape index (κ1) is 23.4. The van der Waals surface area contributed by atoms with Crippen molar-refractivity contribution < 1.29 is 14.4 Å². The van der Waals surface area contributed by atoms with Crippen LogP contribution in [0.1, 0.15) is 39.1 Å². The molecule has 36 heavy (non-hydrogen) atoms. The van der Waals surface area contributed by atoms with Gasteiger partial charge in [0, 0.05) is 51.4 Å². The number of aryl methyl sites for hydroxylation is 1. The number of imide groups is 1. The van der Waals surface area contributed by atoms with E-state index < -0.39 is 0 Å². The van der Waals surface area contributed by atoms with E-state index in [1.165, 1.54) is 11.2 Å². The van der Waals surface area contributed by atoms with E-state index in [1.54, 1.807) is 30.5 Å². The summed E-state index contributed by atoms with van der Waals surface area (Å²) >= 11 is 0. The van der Waals surface area contributed by atoms with Gasteiger partial charge in [0.05, 0.1) is 11.1 Å². The van der Waals surface area contributed by atoms with E-state index in [0.717, 1.165) is 17.2 Å². The number of rotatable bonds is 7. The van der Waals surface area contributed by atoms with Gasteiger partial charge in [-0.05, 0) is 43.2 Å². The van der Waals surface area contributed by atoms with Gasteiger partial charge in [-0.25, -0.2) is 15.0 Å². The quantitative estimate of drug-likeness (QED) is 0.509. The Kier molecular flexibility index (Phi) is 6.57. The predicted molar refractivity (Wildman–Crippen MR) is 134 cm³/mol. The van der Waals surface area contributed by atoms with E-state index in [0.29, 0.717) is 56.0 Å². The second-order valence-electron chi connectivity index (χ2n) is 8.88. The van der Waals surface area contributed by atoms with Gasteiger partial charge in [-0.1, -0.05) is 12.1 Å². The highest BCUT2D eigenvalue weighted by Gasteiger charge is 2.34. The summed E-state index contributed by atoms with van der Waals surface area (Å²) in [4.78, 5) is 55.9. The summed E-state index contributed by atoms with van der Waals surface area (Å²) in [6.45, 7) is 4.72. The van der Waals surface area contributed by atoms with Crippen LogP contribution in [0.4, 0.5) is 17.5 Å². The van der Waals surface area contributed by atoms with Crippen LogP contribution in [-0.2, 0) is 4.79 Å². The van der Waals surface area contributed by atoms with E-state index in [1.807, 2.05) is 30.0 Å². The van der Waals surface area contributed by atoms with Crippen molar-refractivity contribution in [3.63, 3.8) is 0 Å². The molecule has 0 bridgehead atoms. The molecule has 0 spiro atoms. The molecule has 0 unspecified atom stereocenters. The molecule has 1 saturated heterocycles. The summed E-state index contributed by atoms with van der Waals surface area (Å²) < 4.78 is 0. The highest BCUT2D eigenvalue weighted by atomic mass is 16.2. The second-order valence-corrected chi connectivity index (χ2v) is 8.88. The summed E-state index contributed by atoms with van der Waals surface area (Å²) in [6.07, 6.45) is 4.00. The Hall–Kier alpha value is -4.34. The Morgan fingerprint density at radius 3 is 2.31 bits per heavy atom. The smallest absolute Gasteiger partial charge is 0.261 e. The fourth-order valence-electron chi connectivity index (χ4n) is 4.50. The molecule has 3 amide bonds. The fraction of sp³-hybridized carbons (Fsp3) is 0.308. The van der Waals surface area contributed by atoms with E-state index in [4.69, 9.17) is 0 Å². The summed E-state index contributed by atoms with van der Waals surface area (Å²) in [5.74, 6) is 1.63. The van der Waals surface area contributed by atoms with Crippen molar-refractivity contribution >= 4 is 35.2 Å². The third-order valence-electron chi connectivity index (χ3n) is 6.43. The Balaban J connectivity index is 1.10. The molecule has 0 saturated carbocycles. The molecular formula is C26H27N7O3. The standard InChI is InChI=1S/C26H27N7O3/c1-18-8-9-27-21(15-18)30-22-16-23(29-17-28-22)31-11-13-32(14-12-31)24(34)7-4-10-33-25(35)19-5-2-3-6-20(19)26(33)36/h2-3,5-6,8-9,15-17H,4,7,10-14H2,1H3,(H,27,28,29,30).